The summed E-state index contributed by atoms with van der Waals surface area (Å²) in [5.41, 5.74) is 6.44. The molecule has 0 aliphatic heterocycles. The molecule has 0 aromatic heterocycles. The van der Waals surface area contributed by atoms with Gasteiger partial charge in [0.1, 0.15) is 5.82 Å². The quantitative estimate of drug-likeness (QED) is 0.500. The highest BCUT2D eigenvalue weighted by atomic mass is 32.2. The summed E-state index contributed by atoms with van der Waals surface area (Å²) in [5.74, 6) is 6.20. The van der Waals surface area contributed by atoms with Crippen LogP contribution in [-0.4, -0.2) is 5.75 Å². The van der Waals surface area contributed by atoms with Gasteiger partial charge in [0.2, 0.25) is 0 Å². The summed E-state index contributed by atoms with van der Waals surface area (Å²) < 4.78 is 13.1. The highest BCUT2D eigenvalue weighted by Crippen LogP contribution is 2.26. The molecule has 0 saturated carbocycles. The highest BCUT2D eigenvalue weighted by Gasteiger charge is 2.11. The Kier molecular flexibility index (Phi) is 5.17. The van der Waals surface area contributed by atoms with Gasteiger partial charge in [-0.05, 0) is 37.6 Å². The first-order chi connectivity index (χ1) is 9.58. The lowest BCUT2D eigenvalue weighted by Gasteiger charge is -2.17. The molecule has 0 fully saturated rings. The predicted octanol–water partition coefficient (Wildman–Crippen LogP) is 3.74. The van der Waals surface area contributed by atoms with Crippen LogP contribution in [0.15, 0.2) is 47.4 Å². The van der Waals surface area contributed by atoms with E-state index in [1.165, 1.54) is 17.2 Å². The lowest BCUT2D eigenvalue weighted by Crippen LogP contribution is -2.29. The van der Waals surface area contributed by atoms with E-state index in [1.54, 1.807) is 23.9 Å². The van der Waals surface area contributed by atoms with Crippen molar-refractivity contribution in [2.24, 2.45) is 5.84 Å². The zero-order chi connectivity index (χ0) is 14.5. The Morgan fingerprint density at radius 2 is 1.85 bits per heavy atom. The van der Waals surface area contributed by atoms with Gasteiger partial charge >= 0.3 is 0 Å². The van der Waals surface area contributed by atoms with Crippen LogP contribution >= 0.6 is 11.8 Å². The minimum absolute atomic E-state index is 0.0434. The molecule has 0 saturated heterocycles. The Bertz CT molecular complexity index is 566. The molecular formula is C16H19FN2S. The van der Waals surface area contributed by atoms with Gasteiger partial charge < -0.3 is 0 Å². The minimum Gasteiger partial charge on any atom is -0.271 e. The van der Waals surface area contributed by atoms with Gasteiger partial charge in [-0.25, -0.2) is 4.39 Å². The SMILES string of the molecule is Cc1cc(C)cc(C(CSc2cccc(F)c2)NN)c1. The molecule has 106 valence electrons. The van der Waals surface area contributed by atoms with E-state index >= 15 is 0 Å². The Hall–Kier alpha value is -1.36. The first-order valence-corrected chi connectivity index (χ1v) is 7.50. The number of nitrogens with one attached hydrogen (secondary N) is 1. The Morgan fingerprint density at radius 1 is 1.15 bits per heavy atom. The van der Waals surface area contributed by atoms with E-state index in [1.807, 2.05) is 6.07 Å². The van der Waals surface area contributed by atoms with Crippen LogP contribution in [-0.2, 0) is 0 Å². The van der Waals surface area contributed by atoms with Crippen LogP contribution in [0.3, 0.4) is 0 Å². The molecule has 0 aliphatic carbocycles. The van der Waals surface area contributed by atoms with Gasteiger partial charge in [0.15, 0.2) is 0 Å². The second-order valence-corrected chi connectivity index (χ2v) is 6.00. The van der Waals surface area contributed by atoms with E-state index in [9.17, 15) is 4.39 Å². The van der Waals surface area contributed by atoms with Gasteiger partial charge in [-0.3, -0.25) is 11.3 Å². The number of nitrogens with two attached hydrogens (primary N) is 1. The van der Waals surface area contributed by atoms with Crippen LogP contribution in [0.4, 0.5) is 4.39 Å². The molecule has 1 atom stereocenters. The zero-order valence-electron chi connectivity index (χ0n) is 11.7. The van der Waals surface area contributed by atoms with E-state index in [-0.39, 0.29) is 11.9 Å². The first-order valence-electron chi connectivity index (χ1n) is 6.51. The van der Waals surface area contributed by atoms with Crippen molar-refractivity contribution in [2.45, 2.75) is 24.8 Å². The van der Waals surface area contributed by atoms with Crippen molar-refractivity contribution < 1.29 is 4.39 Å². The normalized spacial score (nSPS) is 12.4. The summed E-state index contributed by atoms with van der Waals surface area (Å²) in [6.07, 6.45) is 0. The molecule has 0 bridgehead atoms. The molecule has 2 nitrogen and oxygen atoms in total. The third-order valence-corrected chi connectivity index (χ3v) is 4.15. The number of hydrogen-bond acceptors (Lipinski definition) is 3. The van der Waals surface area contributed by atoms with E-state index in [0.717, 1.165) is 16.2 Å². The Labute approximate surface area is 123 Å². The molecule has 2 aromatic rings. The molecule has 0 spiro atoms. The minimum atomic E-state index is -0.210. The van der Waals surface area contributed by atoms with Crippen molar-refractivity contribution in [3.63, 3.8) is 0 Å². The fraction of sp³-hybridized carbons (Fsp3) is 0.250. The summed E-state index contributed by atoms with van der Waals surface area (Å²) in [6, 6.07) is 13.1. The van der Waals surface area contributed by atoms with Crippen molar-refractivity contribution in [3.05, 3.63) is 65.0 Å². The second kappa shape index (κ2) is 6.88. The van der Waals surface area contributed by atoms with E-state index in [2.05, 4.69) is 37.5 Å². The Balaban J connectivity index is 2.09. The van der Waals surface area contributed by atoms with E-state index in [4.69, 9.17) is 5.84 Å². The summed E-state index contributed by atoms with van der Waals surface area (Å²) in [6.45, 7) is 4.15. The van der Waals surface area contributed by atoms with Crippen LogP contribution in [0.1, 0.15) is 22.7 Å². The van der Waals surface area contributed by atoms with Gasteiger partial charge in [-0.1, -0.05) is 35.4 Å². The van der Waals surface area contributed by atoms with Crippen LogP contribution in [0.2, 0.25) is 0 Å². The van der Waals surface area contributed by atoms with Crippen molar-refractivity contribution in [1.29, 1.82) is 0 Å². The summed E-state index contributed by atoms with van der Waals surface area (Å²) in [7, 11) is 0. The van der Waals surface area contributed by atoms with Crippen molar-refractivity contribution in [3.8, 4) is 0 Å². The monoisotopic (exact) mass is 290 g/mol. The van der Waals surface area contributed by atoms with Crippen molar-refractivity contribution in [2.75, 3.05) is 5.75 Å². The van der Waals surface area contributed by atoms with Gasteiger partial charge in [0.25, 0.3) is 0 Å². The fourth-order valence-corrected chi connectivity index (χ4v) is 3.21. The molecule has 0 heterocycles. The summed E-state index contributed by atoms with van der Waals surface area (Å²) in [5, 5.41) is 0. The molecule has 1 unspecified atom stereocenters. The van der Waals surface area contributed by atoms with Gasteiger partial charge in [0.05, 0.1) is 6.04 Å². The number of hydrazine groups is 1. The van der Waals surface area contributed by atoms with Crippen molar-refractivity contribution in [1.82, 2.24) is 5.43 Å². The maximum atomic E-state index is 13.1. The number of halogens is 1. The lowest BCUT2D eigenvalue weighted by atomic mass is 10.0. The fourth-order valence-electron chi connectivity index (χ4n) is 2.19. The molecule has 0 radical (unpaired) electrons. The second-order valence-electron chi connectivity index (χ2n) is 4.91. The van der Waals surface area contributed by atoms with Gasteiger partial charge in [0, 0.05) is 10.6 Å². The number of benzene rings is 2. The predicted molar refractivity (Wildman–Crippen MR) is 83.1 cm³/mol. The summed E-state index contributed by atoms with van der Waals surface area (Å²) in [4.78, 5) is 0.912. The molecule has 0 aliphatic rings. The van der Waals surface area contributed by atoms with Crippen LogP contribution in [0, 0.1) is 19.7 Å². The topological polar surface area (TPSA) is 38.0 Å². The maximum Gasteiger partial charge on any atom is 0.124 e. The lowest BCUT2D eigenvalue weighted by molar-refractivity contribution is 0.609. The number of thioether (sulfide) groups is 1. The molecule has 2 rings (SSSR count). The van der Waals surface area contributed by atoms with E-state index in [0.29, 0.717) is 0 Å². The molecular weight excluding hydrogens is 271 g/mol. The van der Waals surface area contributed by atoms with Crippen molar-refractivity contribution >= 4 is 11.8 Å². The highest BCUT2D eigenvalue weighted by molar-refractivity contribution is 7.99. The first kappa shape index (κ1) is 15.0. The molecule has 20 heavy (non-hydrogen) atoms. The average molecular weight is 290 g/mol. The van der Waals surface area contributed by atoms with Gasteiger partial charge in [-0.15, -0.1) is 11.8 Å². The number of aryl methyl sites for hydroxylation is 2. The Morgan fingerprint density at radius 3 is 2.45 bits per heavy atom. The average Bonchev–Trinajstić information content (AvgIpc) is 2.38. The van der Waals surface area contributed by atoms with Crippen LogP contribution < -0.4 is 11.3 Å². The largest absolute Gasteiger partial charge is 0.271 e. The third-order valence-electron chi connectivity index (χ3n) is 3.06. The smallest absolute Gasteiger partial charge is 0.124 e. The number of rotatable bonds is 5. The van der Waals surface area contributed by atoms with Gasteiger partial charge in [-0.2, -0.15) is 0 Å². The molecule has 3 N–H and O–H groups in total. The summed E-state index contributed by atoms with van der Waals surface area (Å²) >= 11 is 1.59. The maximum absolute atomic E-state index is 13.1. The van der Waals surface area contributed by atoms with E-state index < -0.39 is 0 Å². The molecule has 0 amide bonds. The standard InChI is InChI=1S/C16H19FN2S/c1-11-6-12(2)8-13(7-11)16(19-18)10-20-15-5-3-4-14(17)9-15/h3-9,16,19H,10,18H2,1-2H3. The molecule has 2 aromatic carbocycles. The van der Waals surface area contributed by atoms with Crippen LogP contribution in [0.5, 0.6) is 0 Å². The third kappa shape index (κ3) is 4.07. The number of hydrogen-bond donors (Lipinski definition) is 2. The zero-order valence-corrected chi connectivity index (χ0v) is 12.5. The van der Waals surface area contributed by atoms with Crippen LogP contribution in [0.25, 0.3) is 0 Å². The molecule has 4 heteroatoms.